The first-order valence-corrected chi connectivity index (χ1v) is 12.2. The largest absolute Gasteiger partial charge is 0.493 e. The van der Waals surface area contributed by atoms with Gasteiger partial charge in [-0.25, -0.2) is 9.37 Å². The average molecular weight is 510 g/mol. The Kier molecular flexibility index (Phi) is 8.60. The Morgan fingerprint density at radius 2 is 1.89 bits per heavy atom. The minimum atomic E-state index is -0.268. The number of hydrogen-bond acceptors (Lipinski definition) is 8. The van der Waals surface area contributed by atoms with Gasteiger partial charge in [0.1, 0.15) is 11.6 Å². The van der Waals surface area contributed by atoms with Crippen LogP contribution in [0.3, 0.4) is 0 Å². The van der Waals surface area contributed by atoms with E-state index in [4.69, 9.17) is 14.2 Å². The summed E-state index contributed by atoms with van der Waals surface area (Å²) in [5, 5.41) is 6.20. The highest BCUT2D eigenvalue weighted by Crippen LogP contribution is 2.40. The minimum absolute atomic E-state index is 0.00549. The molecule has 2 aromatic carbocycles. The van der Waals surface area contributed by atoms with Gasteiger partial charge in [0.2, 0.25) is 17.6 Å². The van der Waals surface area contributed by atoms with E-state index in [1.807, 2.05) is 12.1 Å². The molecule has 1 unspecified atom stereocenters. The fourth-order valence-electron chi connectivity index (χ4n) is 4.43. The third kappa shape index (κ3) is 6.58. The molecule has 1 aromatic heterocycles. The summed E-state index contributed by atoms with van der Waals surface area (Å²) in [7, 11) is 4.67. The zero-order chi connectivity index (χ0) is 26.2. The molecule has 0 bridgehead atoms. The number of anilines is 3. The monoisotopic (exact) mass is 509 g/mol. The summed E-state index contributed by atoms with van der Waals surface area (Å²) in [5.41, 5.74) is 1.54. The molecule has 2 N–H and O–H groups in total. The van der Waals surface area contributed by atoms with Crippen molar-refractivity contribution in [3.05, 3.63) is 60.0 Å². The molecule has 10 heteroatoms. The van der Waals surface area contributed by atoms with Gasteiger partial charge in [-0.3, -0.25) is 4.79 Å². The van der Waals surface area contributed by atoms with Gasteiger partial charge in [-0.05, 0) is 43.0 Å². The Labute approximate surface area is 216 Å². The van der Waals surface area contributed by atoms with Crippen LogP contribution in [0.2, 0.25) is 0 Å². The van der Waals surface area contributed by atoms with Gasteiger partial charge in [-0.15, -0.1) is 0 Å². The van der Waals surface area contributed by atoms with Crippen LogP contribution >= 0.6 is 0 Å². The number of aromatic nitrogens is 2. The Morgan fingerprint density at radius 3 is 2.59 bits per heavy atom. The van der Waals surface area contributed by atoms with Crippen LogP contribution in [0.5, 0.6) is 17.2 Å². The third-order valence-corrected chi connectivity index (χ3v) is 6.28. The summed E-state index contributed by atoms with van der Waals surface area (Å²) in [4.78, 5) is 23.9. The molecule has 196 valence electrons. The number of rotatable bonds is 10. The van der Waals surface area contributed by atoms with Crippen molar-refractivity contribution in [1.29, 1.82) is 0 Å². The number of piperidine rings is 1. The molecule has 2 heterocycles. The number of amides is 1. The SMILES string of the molecule is COc1cc(Nc2nccc(N3CCCC(C(=O)NCCc4cccc(F)c4)C3)n2)cc(OC)c1OC. The van der Waals surface area contributed by atoms with Crippen molar-refractivity contribution >= 4 is 23.4 Å². The normalized spacial score (nSPS) is 15.1. The Morgan fingerprint density at radius 1 is 1.11 bits per heavy atom. The highest BCUT2D eigenvalue weighted by atomic mass is 19.1. The van der Waals surface area contributed by atoms with E-state index in [1.165, 1.54) is 12.1 Å². The molecular formula is C27H32FN5O4. The Hall–Kier alpha value is -4.08. The van der Waals surface area contributed by atoms with Crippen LogP contribution in [-0.2, 0) is 11.2 Å². The molecule has 0 saturated carbocycles. The zero-order valence-corrected chi connectivity index (χ0v) is 21.3. The van der Waals surface area contributed by atoms with Gasteiger partial charge in [0.05, 0.1) is 27.2 Å². The van der Waals surface area contributed by atoms with Gasteiger partial charge in [-0.2, -0.15) is 4.98 Å². The van der Waals surface area contributed by atoms with Crippen LogP contribution in [0, 0.1) is 11.7 Å². The second-order valence-corrected chi connectivity index (χ2v) is 8.73. The van der Waals surface area contributed by atoms with E-state index in [0.717, 1.165) is 30.8 Å². The van der Waals surface area contributed by atoms with Crippen molar-refractivity contribution in [1.82, 2.24) is 15.3 Å². The van der Waals surface area contributed by atoms with E-state index in [1.54, 1.807) is 45.7 Å². The third-order valence-electron chi connectivity index (χ3n) is 6.28. The van der Waals surface area contributed by atoms with Crippen LogP contribution < -0.4 is 29.7 Å². The first-order valence-electron chi connectivity index (χ1n) is 12.2. The maximum atomic E-state index is 13.4. The lowest BCUT2D eigenvalue weighted by Gasteiger charge is -2.33. The van der Waals surface area contributed by atoms with Crippen molar-refractivity contribution in [3.8, 4) is 17.2 Å². The maximum absolute atomic E-state index is 13.4. The van der Waals surface area contributed by atoms with Crippen LogP contribution in [0.15, 0.2) is 48.7 Å². The van der Waals surface area contributed by atoms with Crippen molar-refractivity contribution in [2.75, 3.05) is 51.2 Å². The first kappa shape index (κ1) is 26.0. The number of nitrogens with one attached hydrogen (secondary N) is 2. The molecule has 1 aliphatic rings. The van der Waals surface area contributed by atoms with E-state index >= 15 is 0 Å². The molecule has 37 heavy (non-hydrogen) atoms. The number of benzene rings is 2. The number of halogens is 1. The highest BCUT2D eigenvalue weighted by Gasteiger charge is 2.26. The van der Waals surface area contributed by atoms with Gasteiger partial charge in [-0.1, -0.05) is 12.1 Å². The first-order chi connectivity index (χ1) is 18.0. The van der Waals surface area contributed by atoms with Gasteiger partial charge in [0.15, 0.2) is 11.5 Å². The number of methoxy groups -OCH3 is 3. The van der Waals surface area contributed by atoms with Crippen molar-refractivity contribution < 1.29 is 23.4 Å². The molecule has 9 nitrogen and oxygen atoms in total. The van der Waals surface area contributed by atoms with Gasteiger partial charge in [0, 0.05) is 43.7 Å². The number of carbonyl (C=O) groups is 1. The van der Waals surface area contributed by atoms with Crippen molar-refractivity contribution in [2.24, 2.45) is 5.92 Å². The number of carbonyl (C=O) groups excluding carboxylic acids is 1. The van der Waals surface area contributed by atoms with Crippen LogP contribution in [0.25, 0.3) is 0 Å². The standard InChI is InChI=1S/C27H32FN5O4/c1-35-22-15-21(16-23(36-2)25(22)37-3)31-27-30-12-10-24(32-27)33-13-5-7-19(17-33)26(34)29-11-9-18-6-4-8-20(28)14-18/h4,6,8,10,12,14-16,19H,5,7,9,11,13,17H2,1-3H3,(H,29,34)(H,30,31,32). The molecule has 0 radical (unpaired) electrons. The molecule has 0 spiro atoms. The summed E-state index contributed by atoms with van der Waals surface area (Å²) in [6.07, 6.45) is 3.96. The van der Waals surface area contributed by atoms with E-state index in [0.29, 0.717) is 48.4 Å². The summed E-state index contributed by atoms with van der Waals surface area (Å²) in [6.45, 7) is 1.83. The van der Waals surface area contributed by atoms with E-state index in [-0.39, 0.29) is 17.6 Å². The van der Waals surface area contributed by atoms with E-state index in [9.17, 15) is 9.18 Å². The van der Waals surface area contributed by atoms with E-state index in [2.05, 4.69) is 25.5 Å². The van der Waals surface area contributed by atoms with Crippen molar-refractivity contribution in [3.63, 3.8) is 0 Å². The number of hydrogen-bond donors (Lipinski definition) is 2. The van der Waals surface area contributed by atoms with Crippen molar-refractivity contribution in [2.45, 2.75) is 19.3 Å². The number of nitrogens with zero attached hydrogens (tertiary/aromatic N) is 3. The topological polar surface area (TPSA) is 97.8 Å². The molecule has 1 aliphatic heterocycles. The average Bonchev–Trinajstić information content (AvgIpc) is 2.92. The van der Waals surface area contributed by atoms with Gasteiger partial charge >= 0.3 is 0 Å². The molecule has 1 amide bonds. The minimum Gasteiger partial charge on any atom is -0.493 e. The lowest BCUT2D eigenvalue weighted by atomic mass is 9.97. The van der Waals surface area contributed by atoms with Gasteiger partial charge < -0.3 is 29.7 Å². The molecule has 4 rings (SSSR count). The van der Waals surface area contributed by atoms with Crippen LogP contribution in [0.4, 0.5) is 21.8 Å². The van der Waals surface area contributed by atoms with Crippen LogP contribution in [-0.4, -0.2) is 56.8 Å². The van der Waals surface area contributed by atoms with E-state index < -0.39 is 0 Å². The fraction of sp³-hybridized carbons (Fsp3) is 0.370. The quantitative estimate of drug-likeness (QED) is 0.424. The Bertz CT molecular complexity index is 1200. The second kappa shape index (κ2) is 12.2. The lowest BCUT2D eigenvalue weighted by molar-refractivity contribution is -0.125. The van der Waals surface area contributed by atoms with Gasteiger partial charge in [0.25, 0.3) is 0 Å². The predicted octanol–water partition coefficient (Wildman–Crippen LogP) is 3.96. The fourth-order valence-corrected chi connectivity index (χ4v) is 4.43. The van der Waals surface area contributed by atoms with Crippen LogP contribution in [0.1, 0.15) is 18.4 Å². The summed E-state index contributed by atoms with van der Waals surface area (Å²) in [6, 6.07) is 11.8. The molecule has 3 aromatic rings. The predicted molar refractivity (Wildman–Crippen MR) is 139 cm³/mol. The zero-order valence-electron chi connectivity index (χ0n) is 21.3. The highest BCUT2D eigenvalue weighted by molar-refractivity contribution is 5.79. The lowest BCUT2D eigenvalue weighted by Crippen LogP contribution is -2.43. The second-order valence-electron chi connectivity index (χ2n) is 8.73. The Balaban J connectivity index is 1.38. The maximum Gasteiger partial charge on any atom is 0.229 e. The number of ether oxygens (including phenoxy) is 3. The molecule has 1 atom stereocenters. The molecule has 1 fully saturated rings. The molecular weight excluding hydrogens is 477 g/mol. The smallest absolute Gasteiger partial charge is 0.229 e. The summed E-state index contributed by atoms with van der Waals surface area (Å²) < 4.78 is 29.6. The summed E-state index contributed by atoms with van der Waals surface area (Å²) in [5.74, 6) is 2.27. The summed E-state index contributed by atoms with van der Waals surface area (Å²) >= 11 is 0. The molecule has 0 aliphatic carbocycles. The molecule has 1 saturated heterocycles.